The van der Waals surface area contributed by atoms with Gasteiger partial charge in [-0.15, -0.1) is 0 Å². The van der Waals surface area contributed by atoms with E-state index in [1.54, 1.807) is 0 Å². The van der Waals surface area contributed by atoms with Crippen molar-refractivity contribution in [3.8, 4) is 0 Å². The van der Waals surface area contributed by atoms with Gasteiger partial charge >= 0.3 is 0 Å². The predicted octanol–water partition coefficient (Wildman–Crippen LogP) is 2.95. The average Bonchev–Trinajstić information content (AvgIpc) is 2.32. The molecule has 0 radical (unpaired) electrons. The van der Waals surface area contributed by atoms with Crippen LogP contribution >= 0.6 is 0 Å². The van der Waals surface area contributed by atoms with E-state index in [-0.39, 0.29) is 6.10 Å². The van der Waals surface area contributed by atoms with Crippen LogP contribution in [0.2, 0.25) is 0 Å². The topological polar surface area (TPSA) is 32.3 Å². The summed E-state index contributed by atoms with van der Waals surface area (Å²) in [5.74, 6) is 0. The minimum Gasteiger partial charge on any atom is -0.393 e. The molecule has 94 valence electrons. The molecular weight excluding hydrogens is 210 g/mol. The molecule has 1 aromatic carbocycles. The standard InChI is InChI=1S/C15H23NO/c1-11-4-3-5-13(10-11)12(2)16-14-6-8-15(17)9-7-14/h3-5,10,12,14-17H,6-9H2,1-2H3/t12-,14?,15?/m1/s1. The van der Waals surface area contributed by atoms with Crippen LogP contribution in [0.15, 0.2) is 24.3 Å². The molecule has 17 heavy (non-hydrogen) atoms. The van der Waals surface area contributed by atoms with Crippen molar-refractivity contribution in [1.82, 2.24) is 5.32 Å². The Labute approximate surface area is 104 Å². The number of rotatable bonds is 3. The van der Waals surface area contributed by atoms with Crippen molar-refractivity contribution in [2.75, 3.05) is 0 Å². The fraction of sp³-hybridized carbons (Fsp3) is 0.600. The Bertz CT molecular complexity index is 356. The maximum absolute atomic E-state index is 9.49. The van der Waals surface area contributed by atoms with Gasteiger partial charge in [-0.05, 0) is 45.1 Å². The van der Waals surface area contributed by atoms with Gasteiger partial charge in [0.05, 0.1) is 6.10 Å². The van der Waals surface area contributed by atoms with Crippen molar-refractivity contribution in [2.24, 2.45) is 0 Å². The Morgan fingerprint density at radius 2 is 1.94 bits per heavy atom. The fourth-order valence-corrected chi connectivity index (χ4v) is 2.63. The van der Waals surface area contributed by atoms with Crippen LogP contribution in [-0.2, 0) is 0 Å². The molecule has 2 N–H and O–H groups in total. The Kier molecular flexibility index (Phi) is 4.19. The van der Waals surface area contributed by atoms with Crippen LogP contribution in [0.3, 0.4) is 0 Å². The molecule has 1 aromatic rings. The van der Waals surface area contributed by atoms with E-state index in [1.807, 2.05) is 0 Å². The van der Waals surface area contributed by atoms with E-state index >= 15 is 0 Å². The Morgan fingerprint density at radius 1 is 1.24 bits per heavy atom. The Balaban J connectivity index is 1.90. The maximum atomic E-state index is 9.49. The molecule has 1 aliphatic carbocycles. The lowest BCUT2D eigenvalue weighted by Gasteiger charge is -2.29. The van der Waals surface area contributed by atoms with Crippen molar-refractivity contribution in [3.63, 3.8) is 0 Å². The van der Waals surface area contributed by atoms with Gasteiger partial charge in [0.15, 0.2) is 0 Å². The molecular formula is C15H23NO. The summed E-state index contributed by atoms with van der Waals surface area (Å²) in [6.07, 6.45) is 4.01. The smallest absolute Gasteiger partial charge is 0.0541 e. The molecule has 0 aliphatic heterocycles. The van der Waals surface area contributed by atoms with Crippen molar-refractivity contribution in [3.05, 3.63) is 35.4 Å². The summed E-state index contributed by atoms with van der Waals surface area (Å²) in [5.41, 5.74) is 2.67. The lowest BCUT2D eigenvalue weighted by Crippen LogP contribution is -2.36. The van der Waals surface area contributed by atoms with Gasteiger partial charge in [0, 0.05) is 12.1 Å². The third-order valence-electron chi connectivity index (χ3n) is 3.72. The molecule has 0 heterocycles. The van der Waals surface area contributed by atoms with Crippen molar-refractivity contribution in [2.45, 2.75) is 57.7 Å². The monoisotopic (exact) mass is 233 g/mol. The molecule has 0 saturated heterocycles. The quantitative estimate of drug-likeness (QED) is 0.841. The summed E-state index contributed by atoms with van der Waals surface area (Å²) in [5, 5.41) is 13.2. The third kappa shape index (κ3) is 3.55. The minimum atomic E-state index is -0.0673. The molecule has 2 nitrogen and oxygen atoms in total. The van der Waals surface area contributed by atoms with E-state index in [0.717, 1.165) is 25.7 Å². The van der Waals surface area contributed by atoms with Gasteiger partial charge in [0.25, 0.3) is 0 Å². The number of aliphatic hydroxyl groups is 1. The van der Waals surface area contributed by atoms with Gasteiger partial charge < -0.3 is 10.4 Å². The molecule has 0 aromatic heterocycles. The van der Waals surface area contributed by atoms with Crippen LogP contribution in [0.1, 0.15) is 49.8 Å². The number of benzene rings is 1. The molecule has 1 saturated carbocycles. The summed E-state index contributed by atoms with van der Waals surface area (Å²) in [6.45, 7) is 4.35. The zero-order valence-corrected chi connectivity index (χ0v) is 10.8. The Hall–Kier alpha value is -0.860. The summed E-state index contributed by atoms with van der Waals surface area (Å²) < 4.78 is 0. The van der Waals surface area contributed by atoms with Crippen LogP contribution in [-0.4, -0.2) is 17.3 Å². The molecule has 1 fully saturated rings. The molecule has 2 rings (SSSR count). The summed E-state index contributed by atoms with van der Waals surface area (Å²) in [6, 6.07) is 9.64. The van der Waals surface area contributed by atoms with Gasteiger partial charge in [-0.25, -0.2) is 0 Å². The normalized spacial score (nSPS) is 26.8. The van der Waals surface area contributed by atoms with Gasteiger partial charge in [-0.1, -0.05) is 29.8 Å². The van der Waals surface area contributed by atoms with Gasteiger partial charge in [-0.2, -0.15) is 0 Å². The third-order valence-corrected chi connectivity index (χ3v) is 3.72. The highest BCUT2D eigenvalue weighted by Gasteiger charge is 2.20. The first-order valence-corrected chi connectivity index (χ1v) is 6.66. The van der Waals surface area contributed by atoms with Crippen molar-refractivity contribution < 1.29 is 5.11 Å². The van der Waals surface area contributed by atoms with Crippen LogP contribution in [0.4, 0.5) is 0 Å². The van der Waals surface area contributed by atoms with E-state index in [0.29, 0.717) is 12.1 Å². The maximum Gasteiger partial charge on any atom is 0.0541 e. The number of hydrogen-bond acceptors (Lipinski definition) is 2. The van der Waals surface area contributed by atoms with E-state index in [4.69, 9.17) is 0 Å². The number of hydrogen-bond donors (Lipinski definition) is 2. The summed E-state index contributed by atoms with van der Waals surface area (Å²) in [7, 11) is 0. The van der Waals surface area contributed by atoms with Gasteiger partial charge in [-0.3, -0.25) is 0 Å². The van der Waals surface area contributed by atoms with Crippen LogP contribution in [0.5, 0.6) is 0 Å². The number of nitrogens with one attached hydrogen (secondary N) is 1. The van der Waals surface area contributed by atoms with Crippen molar-refractivity contribution >= 4 is 0 Å². The van der Waals surface area contributed by atoms with Crippen LogP contribution in [0.25, 0.3) is 0 Å². The summed E-state index contributed by atoms with van der Waals surface area (Å²) >= 11 is 0. The molecule has 1 aliphatic rings. The zero-order valence-electron chi connectivity index (χ0n) is 10.8. The molecule has 1 atom stereocenters. The first kappa shape index (κ1) is 12.6. The lowest BCUT2D eigenvalue weighted by molar-refractivity contribution is 0.114. The zero-order chi connectivity index (χ0) is 12.3. The van der Waals surface area contributed by atoms with Crippen molar-refractivity contribution in [1.29, 1.82) is 0 Å². The van der Waals surface area contributed by atoms with Gasteiger partial charge in [0.2, 0.25) is 0 Å². The number of aryl methyl sites for hydroxylation is 1. The first-order chi connectivity index (χ1) is 8.15. The molecule has 0 bridgehead atoms. The predicted molar refractivity (Wildman–Crippen MR) is 71.0 cm³/mol. The summed E-state index contributed by atoms with van der Waals surface area (Å²) in [4.78, 5) is 0. The second-order valence-corrected chi connectivity index (χ2v) is 5.31. The highest BCUT2D eigenvalue weighted by Crippen LogP contribution is 2.22. The first-order valence-electron chi connectivity index (χ1n) is 6.66. The molecule has 0 amide bonds. The average molecular weight is 233 g/mol. The second kappa shape index (κ2) is 5.65. The Morgan fingerprint density at radius 3 is 2.59 bits per heavy atom. The van der Waals surface area contributed by atoms with Gasteiger partial charge in [0.1, 0.15) is 0 Å². The fourth-order valence-electron chi connectivity index (χ4n) is 2.63. The van der Waals surface area contributed by atoms with E-state index in [1.165, 1.54) is 11.1 Å². The lowest BCUT2D eigenvalue weighted by atomic mass is 9.92. The largest absolute Gasteiger partial charge is 0.393 e. The van der Waals surface area contributed by atoms with E-state index < -0.39 is 0 Å². The van der Waals surface area contributed by atoms with E-state index in [2.05, 4.69) is 43.4 Å². The highest BCUT2D eigenvalue weighted by molar-refractivity contribution is 5.24. The molecule has 2 heteroatoms. The van der Waals surface area contributed by atoms with Crippen LogP contribution < -0.4 is 5.32 Å². The van der Waals surface area contributed by atoms with Crippen LogP contribution in [0, 0.1) is 6.92 Å². The number of aliphatic hydroxyl groups excluding tert-OH is 1. The van der Waals surface area contributed by atoms with E-state index in [9.17, 15) is 5.11 Å². The minimum absolute atomic E-state index is 0.0673. The molecule has 0 spiro atoms. The molecule has 0 unspecified atom stereocenters. The highest BCUT2D eigenvalue weighted by atomic mass is 16.3. The SMILES string of the molecule is Cc1cccc([C@@H](C)NC2CCC(O)CC2)c1. The second-order valence-electron chi connectivity index (χ2n) is 5.31.